The fraction of sp³-hybridized carbons (Fsp3) is 0.667. The second-order valence-corrected chi connectivity index (χ2v) is 6.35. The predicted octanol–water partition coefficient (Wildman–Crippen LogP) is 3.53. The second kappa shape index (κ2) is 5.44. The van der Waals surface area contributed by atoms with Crippen molar-refractivity contribution in [2.45, 2.75) is 57.3 Å². The molecule has 2 aliphatic carbocycles. The summed E-state index contributed by atoms with van der Waals surface area (Å²) >= 11 is 0. The minimum atomic E-state index is 0. The summed E-state index contributed by atoms with van der Waals surface area (Å²) in [6.45, 7) is 2.28. The topological polar surface area (TPSA) is 80.5 Å². The van der Waals surface area contributed by atoms with E-state index in [2.05, 4.69) is 26.9 Å². The van der Waals surface area contributed by atoms with Crippen LogP contribution in [0.25, 0.3) is 11.2 Å². The summed E-state index contributed by atoms with van der Waals surface area (Å²) in [4.78, 5) is 16.9. The molecular weight excluding hydrogens is 286 g/mol. The molecule has 21 heavy (non-hydrogen) atoms. The number of hydrogen-bond acceptors (Lipinski definition) is 4. The van der Waals surface area contributed by atoms with Gasteiger partial charge in [-0.1, -0.05) is 13.3 Å². The number of nitrogens with zero attached hydrogens (tertiary/aromatic N) is 3. The first-order chi connectivity index (χ1) is 9.74. The van der Waals surface area contributed by atoms with Crippen LogP contribution in [0, 0.1) is 5.92 Å². The molecule has 0 bridgehead atoms. The van der Waals surface area contributed by atoms with E-state index >= 15 is 0 Å². The van der Waals surface area contributed by atoms with Gasteiger partial charge in [0.1, 0.15) is 11.3 Å². The third-order valence-electron chi connectivity index (χ3n) is 4.88. The molecule has 2 saturated carbocycles. The first-order valence-electron chi connectivity index (χ1n) is 7.77. The van der Waals surface area contributed by atoms with E-state index in [1.807, 2.05) is 0 Å². The van der Waals surface area contributed by atoms with Crippen LogP contribution in [0.15, 0.2) is 0 Å². The molecule has 2 heterocycles. The van der Waals surface area contributed by atoms with Gasteiger partial charge in [-0.15, -0.1) is 12.4 Å². The van der Waals surface area contributed by atoms with Crippen LogP contribution in [0.3, 0.4) is 0 Å². The van der Waals surface area contributed by atoms with Gasteiger partial charge in [0.15, 0.2) is 5.65 Å². The number of halogens is 1. The van der Waals surface area contributed by atoms with Crippen LogP contribution >= 0.6 is 12.4 Å². The van der Waals surface area contributed by atoms with Crippen molar-refractivity contribution in [3.8, 4) is 0 Å². The lowest BCUT2D eigenvalue weighted by Crippen LogP contribution is -2.04. The van der Waals surface area contributed by atoms with E-state index < -0.39 is 0 Å². The number of nitrogen functional groups attached to an aromatic ring is 1. The van der Waals surface area contributed by atoms with Crippen molar-refractivity contribution >= 4 is 29.5 Å². The number of aromatic amines is 1. The van der Waals surface area contributed by atoms with Crippen LogP contribution < -0.4 is 5.73 Å². The Bertz CT molecular complexity index is 649. The highest BCUT2D eigenvalue weighted by atomic mass is 35.5. The summed E-state index contributed by atoms with van der Waals surface area (Å²) in [5, 5.41) is 0. The van der Waals surface area contributed by atoms with Gasteiger partial charge in [-0.2, -0.15) is 4.98 Å². The zero-order valence-corrected chi connectivity index (χ0v) is 13.1. The highest BCUT2D eigenvalue weighted by Crippen LogP contribution is 2.42. The zero-order chi connectivity index (χ0) is 13.7. The van der Waals surface area contributed by atoms with Gasteiger partial charge in [0.05, 0.1) is 5.69 Å². The van der Waals surface area contributed by atoms with Gasteiger partial charge in [0, 0.05) is 11.8 Å². The van der Waals surface area contributed by atoms with Crippen molar-refractivity contribution in [1.82, 2.24) is 19.9 Å². The van der Waals surface area contributed by atoms with Crippen molar-refractivity contribution in [1.29, 1.82) is 0 Å². The molecular formula is C15H22ClN5. The van der Waals surface area contributed by atoms with Gasteiger partial charge in [-0.3, -0.25) is 0 Å². The van der Waals surface area contributed by atoms with Gasteiger partial charge >= 0.3 is 0 Å². The third kappa shape index (κ3) is 2.59. The Kier molecular flexibility index (Phi) is 3.78. The van der Waals surface area contributed by atoms with Crippen molar-refractivity contribution < 1.29 is 0 Å². The highest BCUT2D eigenvalue weighted by Gasteiger charge is 2.31. The van der Waals surface area contributed by atoms with Crippen molar-refractivity contribution in [2.24, 2.45) is 5.92 Å². The van der Waals surface area contributed by atoms with Gasteiger partial charge in [-0.05, 0) is 38.0 Å². The van der Waals surface area contributed by atoms with Crippen LogP contribution in [-0.2, 0) is 0 Å². The smallest absolute Gasteiger partial charge is 0.222 e. The minimum absolute atomic E-state index is 0. The maximum Gasteiger partial charge on any atom is 0.222 e. The number of nitrogens with one attached hydrogen (secondary N) is 1. The largest absolute Gasteiger partial charge is 0.368 e. The van der Waals surface area contributed by atoms with Crippen LogP contribution in [0.4, 0.5) is 5.95 Å². The molecule has 0 radical (unpaired) electrons. The van der Waals surface area contributed by atoms with Crippen LogP contribution in [0.2, 0.25) is 0 Å². The Labute approximate surface area is 130 Å². The number of imidazole rings is 1. The first kappa shape index (κ1) is 14.6. The average molecular weight is 308 g/mol. The van der Waals surface area contributed by atoms with Crippen molar-refractivity contribution in [2.75, 3.05) is 5.73 Å². The van der Waals surface area contributed by atoms with Crippen molar-refractivity contribution in [3.05, 3.63) is 11.5 Å². The van der Waals surface area contributed by atoms with E-state index in [9.17, 15) is 0 Å². The molecule has 0 amide bonds. The standard InChI is InChI=1S/C15H21N5.ClH/c1-2-8-3-4-10(7-8)11-12-14(20-15(16)18-11)19-13(17-12)9-5-6-9;/h8-10H,2-7H2,1H3,(H3,16,17,18,19,20);1H. The Morgan fingerprint density at radius 1 is 1.10 bits per heavy atom. The molecule has 0 saturated heterocycles. The second-order valence-electron chi connectivity index (χ2n) is 6.35. The van der Waals surface area contributed by atoms with E-state index in [0.717, 1.165) is 28.6 Å². The van der Waals surface area contributed by atoms with Crippen LogP contribution in [0.1, 0.15) is 68.8 Å². The molecule has 3 N–H and O–H groups in total. The normalized spacial score (nSPS) is 25.2. The Morgan fingerprint density at radius 3 is 2.52 bits per heavy atom. The molecule has 0 aromatic carbocycles. The molecule has 2 atom stereocenters. The summed E-state index contributed by atoms with van der Waals surface area (Å²) in [6.07, 6.45) is 7.47. The summed E-state index contributed by atoms with van der Waals surface area (Å²) in [5.74, 6) is 3.38. The molecule has 2 aromatic heterocycles. The van der Waals surface area contributed by atoms with E-state index in [-0.39, 0.29) is 12.4 Å². The van der Waals surface area contributed by atoms with Crippen molar-refractivity contribution in [3.63, 3.8) is 0 Å². The number of rotatable bonds is 3. The van der Waals surface area contributed by atoms with Gasteiger partial charge in [0.2, 0.25) is 5.95 Å². The lowest BCUT2D eigenvalue weighted by Gasteiger charge is -2.10. The lowest BCUT2D eigenvalue weighted by molar-refractivity contribution is 0.520. The molecule has 114 valence electrons. The number of nitrogens with two attached hydrogens (primary N) is 1. The summed E-state index contributed by atoms with van der Waals surface area (Å²) in [6, 6.07) is 0. The quantitative estimate of drug-likeness (QED) is 0.909. The predicted molar refractivity (Wildman–Crippen MR) is 85.7 cm³/mol. The number of aromatic nitrogens is 4. The number of anilines is 1. The molecule has 4 rings (SSSR count). The molecule has 2 aliphatic rings. The average Bonchev–Trinajstić information content (AvgIpc) is 3.02. The van der Waals surface area contributed by atoms with E-state index in [1.54, 1.807) is 0 Å². The molecule has 5 nitrogen and oxygen atoms in total. The van der Waals surface area contributed by atoms with E-state index in [0.29, 0.717) is 17.8 Å². The van der Waals surface area contributed by atoms with Gasteiger partial charge < -0.3 is 10.7 Å². The first-order valence-corrected chi connectivity index (χ1v) is 7.77. The number of hydrogen-bond donors (Lipinski definition) is 2. The van der Waals surface area contributed by atoms with Crippen LogP contribution in [0.5, 0.6) is 0 Å². The number of H-pyrrole nitrogens is 1. The lowest BCUT2D eigenvalue weighted by atomic mass is 9.99. The molecule has 6 heteroatoms. The molecule has 2 unspecified atom stereocenters. The minimum Gasteiger partial charge on any atom is -0.368 e. The zero-order valence-electron chi connectivity index (χ0n) is 12.3. The third-order valence-corrected chi connectivity index (χ3v) is 4.88. The molecule has 2 fully saturated rings. The maximum absolute atomic E-state index is 5.88. The van der Waals surface area contributed by atoms with Gasteiger partial charge in [0.25, 0.3) is 0 Å². The fourth-order valence-electron chi connectivity index (χ4n) is 3.49. The monoisotopic (exact) mass is 307 g/mol. The highest BCUT2D eigenvalue weighted by molar-refractivity contribution is 5.85. The SMILES string of the molecule is CCC1CCC(c2nc(N)nc3nc(C4CC4)[nH]c23)C1.Cl. The van der Waals surface area contributed by atoms with Gasteiger partial charge in [-0.25, -0.2) is 9.97 Å². The van der Waals surface area contributed by atoms with E-state index in [1.165, 1.54) is 38.5 Å². The Morgan fingerprint density at radius 2 is 1.86 bits per heavy atom. The summed E-state index contributed by atoms with van der Waals surface area (Å²) < 4.78 is 0. The summed E-state index contributed by atoms with van der Waals surface area (Å²) in [5.41, 5.74) is 8.77. The Balaban J connectivity index is 0.00000132. The molecule has 0 aliphatic heterocycles. The Hall–Kier alpha value is -1.36. The van der Waals surface area contributed by atoms with E-state index in [4.69, 9.17) is 5.73 Å². The summed E-state index contributed by atoms with van der Waals surface area (Å²) in [7, 11) is 0. The molecule has 0 spiro atoms. The number of fused-ring (bicyclic) bond motifs is 1. The maximum atomic E-state index is 5.88. The molecule has 2 aromatic rings. The fourth-order valence-corrected chi connectivity index (χ4v) is 3.49. The van der Waals surface area contributed by atoms with Crippen LogP contribution in [-0.4, -0.2) is 19.9 Å².